The molecule has 2 aliphatic heterocycles. The third kappa shape index (κ3) is 5.39. The smallest absolute Gasteiger partial charge is 0.293 e. The molecule has 12 heteroatoms. The van der Waals surface area contributed by atoms with Crippen LogP contribution in [0.1, 0.15) is 29.6 Å². The molecule has 2 saturated heterocycles. The summed E-state index contributed by atoms with van der Waals surface area (Å²) in [6.45, 7) is 2.85. The van der Waals surface area contributed by atoms with E-state index in [0.29, 0.717) is 45.1 Å². The predicted molar refractivity (Wildman–Crippen MR) is 130 cm³/mol. The van der Waals surface area contributed by atoms with Gasteiger partial charge in [0.1, 0.15) is 16.3 Å². The monoisotopic (exact) mass is 504 g/mol. The van der Waals surface area contributed by atoms with Crippen molar-refractivity contribution in [3.8, 4) is 5.75 Å². The van der Waals surface area contributed by atoms with Gasteiger partial charge in [0, 0.05) is 43.5 Å². The largest absolute Gasteiger partial charge is 0.495 e. The number of anilines is 2. The highest BCUT2D eigenvalue weighted by atomic mass is 32.2. The number of nitrogens with one attached hydrogen (secondary N) is 1. The Balaban J connectivity index is 1.59. The fraction of sp³-hybridized carbons (Fsp3) is 0.435. The molecule has 0 aliphatic carbocycles. The standard InChI is InChI=1S/C23H28N4O7S/c1-33-21-8-6-18(16-22(21)35(31,32)26-9-3-2-4-10-26)24-23(28)17-5-7-19(20(15-17)27(29)30)25-11-13-34-14-12-25/h5-8,15-16H,2-4,9-14H2,1H3,(H,24,28). The zero-order valence-corrected chi connectivity index (χ0v) is 20.3. The van der Waals surface area contributed by atoms with E-state index < -0.39 is 20.9 Å². The van der Waals surface area contributed by atoms with Gasteiger partial charge in [0.15, 0.2) is 0 Å². The number of nitro benzene ring substituents is 1. The fourth-order valence-corrected chi connectivity index (χ4v) is 5.98. The molecule has 2 aromatic rings. The molecule has 1 amide bonds. The van der Waals surface area contributed by atoms with Gasteiger partial charge in [-0.15, -0.1) is 0 Å². The first-order valence-electron chi connectivity index (χ1n) is 11.4. The first-order valence-corrected chi connectivity index (χ1v) is 12.9. The maximum atomic E-state index is 13.2. The Morgan fingerprint density at radius 2 is 1.77 bits per heavy atom. The van der Waals surface area contributed by atoms with Crippen molar-refractivity contribution in [2.45, 2.75) is 24.2 Å². The molecule has 35 heavy (non-hydrogen) atoms. The van der Waals surface area contributed by atoms with Crippen LogP contribution in [0.3, 0.4) is 0 Å². The van der Waals surface area contributed by atoms with Gasteiger partial charge in [0.05, 0.1) is 25.2 Å². The minimum Gasteiger partial charge on any atom is -0.495 e. The van der Waals surface area contributed by atoms with Crippen LogP contribution in [0.5, 0.6) is 5.75 Å². The quantitative estimate of drug-likeness (QED) is 0.450. The van der Waals surface area contributed by atoms with Crippen LogP contribution in [-0.4, -0.2) is 70.1 Å². The van der Waals surface area contributed by atoms with Crippen LogP contribution < -0.4 is 15.0 Å². The number of hydrogen-bond donors (Lipinski definition) is 1. The second-order valence-corrected chi connectivity index (χ2v) is 10.3. The topological polar surface area (TPSA) is 131 Å². The zero-order valence-electron chi connectivity index (χ0n) is 19.4. The number of methoxy groups -OCH3 is 1. The number of piperidine rings is 1. The molecule has 0 saturated carbocycles. The van der Waals surface area contributed by atoms with E-state index in [1.54, 1.807) is 6.07 Å². The lowest BCUT2D eigenvalue weighted by atomic mass is 10.1. The Kier molecular flexibility index (Phi) is 7.53. The average Bonchev–Trinajstić information content (AvgIpc) is 2.89. The van der Waals surface area contributed by atoms with Gasteiger partial charge in [0.2, 0.25) is 10.0 Å². The van der Waals surface area contributed by atoms with Gasteiger partial charge in [-0.25, -0.2) is 8.42 Å². The van der Waals surface area contributed by atoms with E-state index >= 15 is 0 Å². The van der Waals surface area contributed by atoms with Gasteiger partial charge in [-0.05, 0) is 43.2 Å². The van der Waals surface area contributed by atoms with Crippen LogP contribution in [0.15, 0.2) is 41.3 Å². The molecule has 0 radical (unpaired) electrons. The lowest BCUT2D eigenvalue weighted by Crippen LogP contribution is -2.36. The highest BCUT2D eigenvalue weighted by Gasteiger charge is 2.29. The number of amides is 1. The van der Waals surface area contributed by atoms with Gasteiger partial charge < -0.3 is 19.7 Å². The maximum absolute atomic E-state index is 13.2. The maximum Gasteiger partial charge on any atom is 0.293 e. The summed E-state index contributed by atoms with van der Waals surface area (Å²) in [5.74, 6) is -0.410. The van der Waals surface area contributed by atoms with Crippen LogP contribution in [0.4, 0.5) is 17.1 Å². The Hall–Kier alpha value is -3.22. The summed E-state index contributed by atoms with van der Waals surface area (Å²) < 4.78 is 38.5. The number of sulfonamides is 1. The molecule has 2 aromatic carbocycles. The Morgan fingerprint density at radius 3 is 2.43 bits per heavy atom. The average molecular weight is 505 g/mol. The SMILES string of the molecule is COc1ccc(NC(=O)c2ccc(N3CCOCC3)c([N+](=O)[O-])c2)cc1S(=O)(=O)N1CCCCC1. The van der Waals surface area contributed by atoms with E-state index in [-0.39, 0.29) is 27.6 Å². The van der Waals surface area contributed by atoms with Gasteiger partial charge in [-0.2, -0.15) is 4.31 Å². The number of carbonyl (C=O) groups excluding carboxylic acids is 1. The van der Waals surface area contributed by atoms with Gasteiger partial charge in [-0.1, -0.05) is 6.42 Å². The van der Waals surface area contributed by atoms with E-state index in [9.17, 15) is 23.3 Å². The highest BCUT2D eigenvalue weighted by molar-refractivity contribution is 7.89. The third-order valence-corrected chi connectivity index (χ3v) is 8.06. The summed E-state index contributed by atoms with van der Waals surface area (Å²) in [7, 11) is -2.42. The lowest BCUT2D eigenvalue weighted by Gasteiger charge is -2.28. The highest BCUT2D eigenvalue weighted by Crippen LogP contribution is 2.33. The first-order chi connectivity index (χ1) is 16.8. The fourth-order valence-electron chi connectivity index (χ4n) is 4.29. The molecule has 0 unspecified atom stereocenters. The molecule has 188 valence electrons. The lowest BCUT2D eigenvalue weighted by molar-refractivity contribution is -0.384. The summed E-state index contributed by atoms with van der Waals surface area (Å²) in [5.41, 5.74) is 0.577. The number of rotatable bonds is 7. The third-order valence-electron chi connectivity index (χ3n) is 6.14. The molecule has 2 fully saturated rings. The molecule has 0 bridgehead atoms. The summed E-state index contributed by atoms with van der Waals surface area (Å²) in [6.07, 6.45) is 2.56. The van der Waals surface area contributed by atoms with Gasteiger partial charge in [-0.3, -0.25) is 14.9 Å². The van der Waals surface area contributed by atoms with Crippen LogP contribution in [0, 0.1) is 10.1 Å². The Bertz CT molecular complexity index is 1210. The van der Waals surface area contributed by atoms with Crippen molar-refractivity contribution in [2.24, 2.45) is 0 Å². The molecule has 11 nitrogen and oxygen atoms in total. The van der Waals surface area contributed by atoms with Crippen LogP contribution in [0.2, 0.25) is 0 Å². The molecule has 1 N–H and O–H groups in total. The number of nitrogens with zero attached hydrogens (tertiary/aromatic N) is 3. The summed E-state index contributed by atoms with van der Waals surface area (Å²) in [5, 5.41) is 14.4. The number of ether oxygens (including phenoxy) is 2. The predicted octanol–water partition coefficient (Wildman–Crippen LogP) is 2.87. The molecule has 0 atom stereocenters. The number of morpholine rings is 1. The number of hydrogen-bond acceptors (Lipinski definition) is 8. The number of nitro groups is 1. The van der Waals surface area contributed by atoms with Gasteiger partial charge in [0.25, 0.3) is 11.6 Å². The van der Waals surface area contributed by atoms with Crippen molar-refractivity contribution < 1.29 is 27.6 Å². The van der Waals surface area contributed by atoms with E-state index in [0.717, 1.165) is 19.3 Å². The Labute approximate surface area is 203 Å². The van der Waals surface area contributed by atoms with Crippen LogP contribution in [-0.2, 0) is 14.8 Å². The summed E-state index contributed by atoms with van der Waals surface area (Å²) >= 11 is 0. The van der Waals surface area contributed by atoms with Crippen molar-refractivity contribution >= 4 is 33.0 Å². The van der Waals surface area contributed by atoms with Crippen molar-refractivity contribution in [1.82, 2.24) is 4.31 Å². The number of carbonyl (C=O) groups is 1. The minimum absolute atomic E-state index is 0.0339. The van der Waals surface area contributed by atoms with E-state index in [1.807, 2.05) is 4.90 Å². The Morgan fingerprint density at radius 1 is 1.06 bits per heavy atom. The van der Waals surface area contributed by atoms with E-state index in [2.05, 4.69) is 5.32 Å². The second kappa shape index (κ2) is 10.6. The second-order valence-electron chi connectivity index (χ2n) is 8.34. The molecule has 2 heterocycles. The van der Waals surface area contributed by atoms with Gasteiger partial charge >= 0.3 is 0 Å². The molecule has 4 rings (SSSR count). The molecule has 0 spiro atoms. The molecule has 0 aromatic heterocycles. The first kappa shape index (κ1) is 24.9. The summed E-state index contributed by atoms with van der Waals surface area (Å²) in [4.78, 5) is 25.9. The number of benzene rings is 2. The van der Waals surface area contributed by atoms with Crippen molar-refractivity contribution in [3.05, 3.63) is 52.1 Å². The molecular weight excluding hydrogens is 476 g/mol. The summed E-state index contributed by atoms with van der Waals surface area (Å²) in [6, 6.07) is 8.67. The molecule has 2 aliphatic rings. The van der Waals surface area contributed by atoms with E-state index in [1.165, 1.54) is 41.7 Å². The normalized spacial score (nSPS) is 17.1. The van der Waals surface area contributed by atoms with Crippen molar-refractivity contribution in [2.75, 3.05) is 56.7 Å². The van der Waals surface area contributed by atoms with Crippen molar-refractivity contribution in [1.29, 1.82) is 0 Å². The van der Waals surface area contributed by atoms with E-state index in [4.69, 9.17) is 9.47 Å². The van der Waals surface area contributed by atoms with Crippen molar-refractivity contribution in [3.63, 3.8) is 0 Å². The zero-order chi connectivity index (χ0) is 25.0. The van der Waals surface area contributed by atoms with Crippen LogP contribution >= 0.6 is 0 Å². The molecular formula is C23H28N4O7S. The minimum atomic E-state index is -3.81. The van der Waals surface area contributed by atoms with Crippen LogP contribution in [0.25, 0.3) is 0 Å².